The summed E-state index contributed by atoms with van der Waals surface area (Å²) >= 11 is 5.19. The molecule has 1 aliphatic rings. The van der Waals surface area contributed by atoms with E-state index in [1.807, 2.05) is 32.0 Å². The number of nitrogens with zero attached hydrogens (tertiary/aromatic N) is 1. The topological polar surface area (TPSA) is 79.9 Å². The molecule has 1 saturated heterocycles. The molecule has 8 heteroatoms. The molecule has 7 nitrogen and oxygen atoms in total. The number of rotatable bonds is 5. The molecule has 1 heterocycles. The fourth-order valence-corrected chi connectivity index (χ4v) is 3.23. The Labute approximate surface area is 181 Å². The van der Waals surface area contributed by atoms with Gasteiger partial charge >= 0.3 is 0 Å². The van der Waals surface area contributed by atoms with Gasteiger partial charge in [-0.25, -0.2) is 0 Å². The molecule has 0 aromatic heterocycles. The van der Waals surface area contributed by atoms with E-state index < -0.39 is 0 Å². The maximum Gasteiger partial charge on any atom is 0.264 e. The number of carbonyl (C=O) groups is 2. The number of thiocarbonyl (C=S) groups is 1. The van der Waals surface area contributed by atoms with Gasteiger partial charge in [0.05, 0.1) is 13.2 Å². The van der Waals surface area contributed by atoms with Crippen molar-refractivity contribution in [1.29, 1.82) is 0 Å². The van der Waals surface area contributed by atoms with E-state index in [1.165, 1.54) is 0 Å². The van der Waals surface area contributed by atoms with E-state index in [0.29, 0.717) is 43.3 Å². The second-order valence-corrected chi connectivity index (χ2v) is 7.38. The molecular weight excluding hydrogens is 402 g/mol. The van der Waals surface area contributed by atoms with Crippen LogP contribution in [0.5, 0.6) is 5.75 Å². The van der Waals surface area contributed by atoms with Gasteiger partial charge in [-0.1, -0.05) is 12.1 Å². The number of carbonyl (C=O) groups excluding carboxylic acids is 2. The van der Waals surface area contributed by atoms with Crippen molar-refractivity contribution in [2.75, 3.05) is 38.2 Å². The van der Waals surface area contributed by atoms with Crippen molar-refractivity contribution < 1.29 is 19.1 Å². The first-order valence-corrected chi connectivity index (χ1v) is 10.1. The van der Waals surface area contributed by atoms with Crippen molar-refractivity contribution in [2.45, 2.75) is 13.8 Å². The van der Waals surface area contributed by atoms with Crippen LogP contribution in [0.2, 0.25) is 0 Å². The van der Waals surface area contributed by atoms with E-state index in [0.717, 1.165) is 11.1 Å². The van der Waals surface area contributed by atoms with Gasteiger partial charge in [-0.3, -0.25) is 14.9 Å². The number of morpholine rings is 1. The molecule has 0 aliphatic carbocycles. The Hall–Kier alpha value is -2.97. The molecule has 2 N–H and O–H groups in total. The van der Waals surface area contributed by atoms with Gasteiger partial charge in [-0.15, -0.1) is 0 Å². The molecule has 0 radical (unpaired) electrons. The molecule has 0 saturated carbocycles. The minimum absolute atomic E-state index is 0.0238. The van der Waals surface area contributed by atoms with Crippen LogP contribution >= 0.6 is 12.2 Å². The maximum absolute atomic E-state index is 12.5. The zero-order chi connectivity index (χ0) is 21.5. The highest BCUT2D eigenvalue weighted by molar-refractivity contribution is 7.80. The fourth-order valence-electron chi connectivity index (χ4n) is 2.99. The van der Waals surface area contributed by atoms with Crippen LogP contribution in [0.15, 0.2) is 42.5 Å². The van der Waals surface area contributed by atoms with Gasteiger partial charge in [0.2, 0.25) is 0 Å². The number of hydrogen-bond donors (Lipinski definition) is 2. The number of benzene rings is 2. The van der Waals surface area contributed by atoms with Gasteiger partial charge < -0.3 is 19.7 Å². The first kappa shape index (κ1) is 21.7. The highest BCUT2D eigenvalue weighted by Gasteiger charge is 2.18. The van der Waals surface area contributed by atoms with Gasteiger partial charge in [-0.2, -0.15) is 0 Å². The van der Waals surface area contributed by atoms with Crippen molar-refractivity contribution in [2.24, 2.45) is 0 Å². The Balaban J connectivity index is 1.47. The Morgan fingerprint density at radius 2 is 1.80 bits per heavy atom. The lowest BCUT2D eigenvalue weighted by molar-refractivity contribution is -0.121. The second kappa shape index (κ2) is 10.2. The summed E-state index contributed by atoms with van der Waals surface area (Å²) in [4.78, 5) is 26.3. The lowest BCUT2D eigenvalue weighted by Crippen LogP contribution is -2.40. The molecule has 0 spiro atoms. The number of anilines is 1. The van der Waals surface area contributed by atoms with Crippen LogP contribution < -0.4 is 15.4 Å². The van der Waals surface area contributed by atoms with Crippen molar-refractivity contribution in [3.05, 3.63) is 59.2 Å². The Bertz CT molecular complexity index is 924. The van der Waals surface area contributed by atoms with Crippen LogP contribution in [-0.4, -0.2) is 54.7 Å². The minimum atomic E-state index is -0.354. The molecule has 2 aromatic rings. The van der Waals surface area contributed by atoms with Crippen LogP contribution in [0, 0.1) is 13.8 Å². The summed E-state index contributed by atoms with van der Waals surface area (Å²) in [6.07, 6.45) is 0. The molecule has 2 aromatic carbocycles. The fraction of sp³-hybridized carbons (Fsp3) is 0.318. The van der Waals surface area contributed by atoms with Crippen molar-refractivity contribution in [3.63, 3.8) is 0 Å². The van der Waals surface area contributed by atoms with E-state index in [4.69, 9.17) is 21.7 Å². The normalized spacial score (nSPS) is 13.5. The third kappa shape index (κ3) is 5.77. The number of ether oxygens (including phenoxy) is 2. The van der Waals surface area contributed by atoms with E-state index in [2.05, 4.69) is 10.6 Å². The Morgan fingerprint density at radius 1 is 1.10 bits per heavy atom. The largest absolute Gasteiger partial charge is 0.483 e. The molecule has 2 amide bonds. The summed E-state index contributed by atoms with van der Waals surface area (Å²) < 4.78 is 10.9. The number of amides is 2. The number of hydrogen-bond acceptors (Lipinski definition) is 5. The van der Waals surface area contributed by atoms with Gasteiger partial charge in [0.1, 0.15) is 5.75 Å². The zero-order valence-electron chi connectivity index (χ0n) is 17.1. The van der Waals surface area contributed by atoms with Crippen LogP contribution in [0.1, 0.15) is 21.5 Å². The van der Waals surface area contributed by atoms with Crippen LogP contribution in [0.4, 0.5) is 5.69 Å². The van der Waals surface area contributed by atoms with E-state index in [-0.39, 0.29) is 23.5 Å². The third-order valence-corrected chi connectivity index (χ3v) is 5.06. The van der Waals surface area contributed by atoms with Crippen LogP contribution in [-0.2, 0) is 9.53 Å². The average Bonchev–Trinajstić information content (AvgIpc) is 2.75. The average molecular weight is 428 g/mol. The smallest absolute Gasteiger partial charge is 0.264 e. The Kier molecular flexibility index (Phi) is 7.37. The first-order chi connectivity index (χ1) is 14.4. The van der Waals surface area contributed by atoms with Crippen molar-refractivity contribution in [3.8, 4) is 5.75 Å². The van der Waals surface area contributed by atoms with E-state index in [1.54, 1.807) is 29.2 Å². The molecule has 0 atom stereocenters. The number of aryl methyl sites for hydroxylation is 1. The molecule has 3 rings (SSSR count). The van der Waals surface area contributed by atoms with Crippen molar-refractivity contribution in [1.82, 2.24) is 10.2 Å². The molecule has 1 aliphatic heterocycles. The summed E-state index contributed by atoms with van der Waals surface area (Å²) in [7, 11) is 0. The van der Waals surface area contributed by atoms with Crippen LogP contribution in [0.25, 0.3) is 0 Å². The van der Waals surface area contributed by atoms with Crippen LogP contribution in [0.3, 0.4) is 0 Å². The van der Waals surface area contributed by atoms with Gasteiger partial charge in [0.25, 0.3) is 11.8 Å². The summed E-state index contributed by atoms with van der Waals surface area (Å²) in [5.74, 6) is 0.293. The third-order valence-electron chi connectivity index (χ3n) is 4.85. The highest BCUT2D eigenvalue weighted by atomic mass is 32.1. The molecule has 30 heavy (non-hydrogen) atoms. The lowest BCUT2D eigenvalue weighted by atomic mass is 10.1. The summed E-state index contributed by atoms with van der Waals surface area (Å²) in [6, 6.07) is 12.7. The summed E-state index contributed by atoms with van der Waals surface area (Å²) in [5, 5.41) is 5.69. The molecule has 0 unspecified atom stereocenters. The molecule has 158 valence electrons. The minimum Gasteiger partial charge on any atom is -0.483 e. The van der Waals surface area contributed by atoms with Gasteiger partial charge in [0.15, 0.2) is 11.7 Å². The quantitative estimate of drug-likeness (QED) is 0.715. The zero-order valence-corrected chi connectivity index (χ0v) is 17.9. The first-order valence-electron chi connectivity index (χ1n) is 9.71. The highest BCUT2D eigenvalue weighted by Crippen LogP contribution is 2.20. The summed E-state index contributed by atoms with van der Waals surface area (Å²) in [5.41, 5.74) is 3.37. The van der Waals surface area contributed by atoms with E-state index in [9.17, 15) is 9.59 Å². The van der Waals surface area contributed by atoms with Crippen molar-refractivity contribution >= 4 is 34.8 Å². The molecular formula is C22H25N3O4S. The summed E-state index contributed by atoms with van der Waals surface area (Å²) in [6.45, 7) is 6.11. The molecule has 0 bridgehead atoms. The number of nitrogens with one attached hydrogen (secondary N) is 2. The van der Waals surface area contributed by atoms with Gasteiger partial charge in [0, 0.05) is 24.3 Å². The lowest BCUT2D eigenvalue weighted by Gasteiger charge is -2.26. The van der Waals surface area contributed by atoms with E-state index >= 15 is 0 Å². The molecule has 1 fully saturated rings. The second-order valence-electron chi connectivity index (χ2n) is 6.97. The monoisotopic (exact) mass is 427 g/mol. The SMILES string of the molecule is Cc1cccc(OCC(=O)NC(=S)Nc2ccc(C(=O)N3CCOCC3)cc2)c1C. The Morgan fingerprint density at radius 3 is 2.50 bits per heavy atom. The predicted molar refractivity (Wildman–Crippen MR) is 119 cm³/mol. The van der Waals surface area contributed by atoms with Gasteiger partial charge in [-0.05, 0) is 67.5 Å². The maximum atomic E-state index is 12.5. The predicted octanol–water partition coefficient (Wildman–Crippen LogP) is 2.67. The standard InChI is InChI=1S/C22H25N3O4S/c1-15-4-3-5-19(16(15)2)29-14-20(26)24-22(30)23-18-8-6-17(7-9-18)21(27)25-10-12-28-13-11-25/h3-9H,10-14H2,1-2H3,(H2,23,24,26,30).